The van der Waals surface area contributed by atoms with E-state index in [9.17, 15) is 0 Å². The second-order valence-electron chi connectivity index (χ2n) is 4.36. The molecule has 0 amide bonds. The number of nitrogens with zero attached hydrogens (tertiary/aromatic N) is 3. The van der Waals surface area contributed by atoms with Gasteiger partial charge in [0.2, 0.25) is 5.95 Å². The van der Waals surface area contributed by atoms with Crippen molar-refractivity contribution in [2.45, 2.75) is 6.54 Å². The number of hydrogen-bond donors (Lipinski definition) is 1. The Balaban J connectivity index is 1.83. The van der Waals surface area contributed by atoms with Crippen molar-refractivity contribution in [2.75, 3.05) is 12.4 Å². The summed E-state index contributed by atoms with van der Waals surface area (Å²) in [5.41, 5.74) is 1.58. The lowest BCUT2D eigenvalue weighted by Gasteiger charge is -2.10. The number of pyridine rings is 1. The van der Waals surface area contributed by atoms with Crippen LogP contribution in [0.1, 0.15) is 5.56 Å². The summed E-state index contributed by atoms with van der Waals surface area (Å²) in [4.78, 5) is 4.35. The van der Waals surface area contributed by atoms with Gasteiger partial charge in [-0.25, -0.2) is 4.52 Å². The Labute approximate surface area is 131 Å². The van der Waals surface area contributed by atoms with Crippen molar-refractivity contribution in [1.82, 2.24) is 14.6 Å². The van der Waals surface area contributed by atoms with Gasteiger partial charge in [0.15, 0.2) is 5.65 Å². The van der Waals surface area contributed by atoms with Gasteiger partial charge in [-0.3, -0.25) is 0 Å². The SMILES string of the molecule is COc1cccc(Cl)c1CNc1nc2ccc(Cl)cn2n1. The summed E-state index contributed by atoms with van der Waals surface area (Å²) in [6, 6.07) is 9.09. The van der Waals surface area contributed by atoms with Crippen molar-refractivity contribution < 1.29 is 4.74 Å². The lowest BCUT2D eigenvalue weighted by atomic mass is 10.2. The number of aromatic nitrogens is 3. The lowest BCUT2D eigenvalue weighted by molar-refractivity contribution is 0.410. The van der Waals surface area contributed by atoms with Gasteiger partial charge in [0.05, 0.1) is 12.1 Å². The zero-order valence-electron chi connectivity index (χ0n) is 11.2. The zero-order valence-corrected chi connectivity index (χ0v) is 12.7. The predicted octanol–water partition coefficient (Wildman–Crippen LogP) is 3.66. The minimum absolute atomic E-state index is 0.466. The molecule has 2 heterocycles. The highest BCUT2D eigenvalue weighted by Gasteiger charge is 2.09. The van der Waals surface area contributed by atoms with E-state index in [1.165, 1.54) is 0 Å². The monoisotopic (exact) mass is 322 g/mol. The van der Waals surface area contributed by atoms with Crippen LogP contribution in [0.4, 0.5) is 5.95 Å². The first-order valence-electron chi connectivity index (χ1n) is 6.24. The molecule has 3 aromatic rings. The van der Waals surface area contributed by atoms with Gasteiger partial charge < -0.3 is 10.1 Å². The first kappa shape index (κ1) is 14.0. The largest absolute Gasteiger partial charge is 0.496 e. The summed E-state index contributed by atoms with van der Waals surface area (Å²) in [6.45, 7) is 0.466. The Morgan fingerprint density at radius 3 is 2.90 bits per heavy atom. The van der Waals surface area contributed by atoms with Crippen LogP contribution in [-0.2, 0) is 6.54 Å². The fourth-order valence-corrected chi connectivity index (χ4v) is 2.39. The van der Waals surface area contributed by atoms with E-state index in [4.69, 9.17) is 27.9 Å². The third kappa shape index (κ3) is 2.89. The molecule has 7 heteroatoms. The number of anilines is 1. The van der Waals surface area contributed by atoms with Crippen LogP contribution in [0.5, 0.6) is 5.75 Å². The maximum Gasteiger partial charge on any atom is 0.243 e. The second-order valence-corrected chi connectivity index (χ2v) is 5.20. The van der Waals surface area contributed by atoms with Crippen molar-refractivity contribution in [3.05, 3.63) is 52.1 Å². The molecule has 0 atom stereocenters. The molecule has 3 rings (SSSR count). The van der Waals surface area contributed by atoms with E-state index >= 15 is 0 Å². The van der Waals surface area contributed by atoms with E-state index in [-0.39, 0.29) is 0 Å². The minimum atomic E-state index is 0.466. The molecular formula is C14H12Cl2N4O. The number of methoxy groups -OCH3 is 1. The highest BCUT2D eigenvalue weighted by Crippen LogP contribution is 2.26. The number of ether oxygens (including phenoxy) is 1. The molecule has 5 nitrogen and oxygen atoms in total. The van der Waals surface area contributed by atoms with Crippen LogP contribution in [-0.4, -0.2) is 21.7 Å². The lowest BCUT2D eigenvalue weighted by Crippen LogP contribution is -2.04. The molecule has 0 fully saturated rings. The maximum atomic E-state index is 6.19. The average Bonchev–Trinajstić information content (AvgIpc) is 2.87. The number of hydrogen-bond acceptors (Lipinski definition) is 4. The molecule has 0 aliphatic heterocycles. The predicted molar refractivity (Wildman–Crippen MR) is 83.3 cm³/mol. The molecule has 2 aromatic heterocycles. The Morgan fingerprint density at radius 2 is 2.10 bits per heavy atom. The Hall–Kier alpha value is -1.98. The quantitative estimate of drug-likeness (QED) is 0.796. The van der Waals surface area contributed by atoms with E-state index in [2.05, 4.69) is 15.4 Å². The molecule has 0 saturated carbocycles. The maximum absolute atomic E-state index is 6.19. The first-order valence-corrected chi connectivity index (χ1v) is 7.00. The van der Waals surface area contributed by atoms with Crippen LogP contribution in [0.3, 0.4) is 0 Å². The van der Waals surface area contributed by atoms with Gasteiger partial charge in [-0.2, -0.15) is 4.98 Å². The van der Waals surface area contributed by atoms with Crippen molar-refractivity contribution in [3.8, 4) is 5.75 Å². The molecule has 0 aliphatic carbocycles. The van der Waals surface area contributed by atoms with E-state index in [0.717, 1.165) is 11.3 Å². The van der Waals surface area contributed by atoms with E-state index < -0.39 is 0 Å². The number of benzene rings is 1. The number of rotatable bonds is 4. The summed E-state index contributed by atoms with van der Waals surface area (Å²) < 4.78 is 6.92. The molecular weight excluding hydrogens is 311 g/mol. The summed E-state index contributed by atoms with van der Waals surface area (Å²) in [5, 5.41) is 8.67. The Kier molecular flexibility index (Phi) is 3.86. The van der Waals surface area contributed by atoms with Gasteiger partial charge in [-0.15, -0.1) is 5.10 Å². The van der Waals surface area contributed by atoms with Crippen molar-refractivity contribution in [3.63, 3.8) is 0 Å². The Morgan fingerprint density at radius 1 is 1.24 bits per heavy atom. The topological polar surface area (TPSA) is 51.5 Å². The molecule has 0 radical (unpaired) electrons. The molecule has 21 heavy (non-hydrogen) atoms. The second kappa shape index (κ2) is 5.79. The normalized spacial score (nSPS) is 10.8. The van der Waals surface area contributed by atoms with Crippen molar-refractivity contribution in [2.24, 2.45) is 0 Å². The van der Waals surface area contributed by atoms with Crippen LogP contribution < -0.4 is 10.1 Å². The fourth-order valence-electron chi connectivity index (χ4n) is 2.00. The van der Waals surface area contributed by atoms with Gasteiger partial charge in [0.25, 0.3) is 0 Å². The van der Waals surface area contributed by atoms with Crippen molar-refractivity contribution >= 4 is 34.8 Å². The average molecular weight is 323 g/mol. The number of halogens is 2. The van der Waals surface area contributed by atoms with E-state index in [1.807, 2.05) is 18.2 Å². The van der Waals surface area contributed by atoms with Crippen LogP contribution in [0.2, 0.25) is 10.0 Å². The molecule has 108 valence electrons. The van der Waals surface area contributed by atoms with Crippen LogP contribution >= 0.6 is 23.2 Å². The van der Waals surface area contributed by atoms with Gasteiger partial charge in [0.1, 0.15) is 5.75 Å². The van der Waals surface area contributed by atoms with Gasteiger partial charge in [-0.05, 0) is 24.3 Å². The van der Waals surface area contributed by atoms with Crippen LogP contribution in [0, 0.1) is 0 Å². The molecule has 1 aromatic carbocycles. The molecule has 0 aliphatic rings. The Bertz CT molecular complexity index is 788. The highest BCUT2D eigenvalue weighted by molar-refractivity contribution is 6.31. The van der Waals surface area contributed by atoms with Gasteiger partial charge in [0, 0.05) is 23.3 Å². The smallest absolute Gasteiger partial charge is 0.243 e. The number of nitrogens with one attached hydrogen (secondary N) is 1. The summed E-state index contributed by atoms with van der Waals surface area (Å²) in [7, 11) is 1.61. The van der Waals surface area contributed by atoms with Crippen LogP contribution in [0.25, 0.3) is 5.65 Å². The number of fused-ring (bicyclic) bond motifs is 1. The highest BCUT2D eigenvalue weighted by atomic mass is 35.5. The van der Waals surface area contributed by atoms with E-state index in [1.54, 1.807) is 30.0 Å². The van der Waals surface area contributed by atoms with E-state index in [0.29, 0.717) is 28.2 Å². The van der Waals surface area contributed by atoms with Crippen molar-refractivity contribution in [1.29, 1.82) is 0 Å². The minimum Gasteiger partial charge on any atom is -0.496 e. The first-order chi connectivity index (χ1) is 10.2. The molecule has 0 saturated heterocycles. The molecule has 0 bridgehead atoms. The molecule has 1 N–H and O–H groups in total. The fraction of sp³-hybridized carbons (Fsp3) is 0.143. The standard InChI is InChI=1S/C14H12Cl2N4O/c1-21-12-4-2-3-11(16)10(12)7-17-14-18-13-6-5-9(15)8-20(13)19-14/h2-6,8H,7H2,1H3,(H,17,19). The molecule has 0 unspecified atom stereocenters. The third-order valence-electron chi connectivity index (χ3n) is 3.01. The molecule has 0 spiro atoms. The summed E-state index contributed by atoms with van der Waals surface area (Å²) in [6.07, 6.45) is 1.70. The van der Waals surface area contributed by atoms with Gasteiger partial charge >= 0.3 is 0 Å². The third-order valence-corrected chi connectivity index (χ3v) is 3.59. The van der Waals surface area contributed by atoms with Crippen LogP contribution in [0.15, 0.2) is 36.5 Å². The summed E-state index contributed by atoms with van der Waals surface area (Å²) >= 11 is 12.1. The summed E-state index contributed by atoms with van der Waals surface area (Å²) in [5.74, 6) is 1.22. The van der Waals surface area contributed by atoms with Gasteiger partial charge in [-0.1, -0.05) is 29.3 Å². The zero-order chi connectivity index (χ0) is 14.8.